The van der Waals surface area contributed by atoms with Crippen molar-refractivity contribution in [1.29, 1.82) is 0 Å². The molecule has 1 heterocycles. The average molecular weight is 471 g/mol. The quantitative estimate of drug-likeness (QED) is 0.425. The number of rotatable bonds is 11. The van der Waals surface area contributed by atoms with Crippen LogP contribution in [0.2, 0.25) is 0 Å². The van der Waals surface area contributed by atoms with E-state index >= 15 is 0 Å². The van der Waals surface area contributed by atoms with Gasteiger partial charge in [-0.25, -0.2) is 0 Å². The first-order valence-electron chi connectivity index (χ1n) is 11.5. The maximum Gasteiger partial charge on any atom is 0.253 e. The van der Waals surface area contributed by atoms with Gasteiger partial charge in [0, 0.05) is 30.8 Å². The normalized spacial score (nSPS) is 15.0. The highest BCUT2D eigenvalue weighted by Crippen LogP contribution is 2.13. The highest BCUT2D eigenvalue weighted by molar-refractivity contribution is 6.13. The molecule has 0 aliphatic carbocycles. The predicted octanol–water partition coefficient (Wildman–Crippen LogP) is 1.78. The minimum Gasteiger partial charge on any atom is -0.344 e. The molecule has 1 aromatic rings. The third-order valence-corrected chi connectivity index (χ3v) is 5.35. The first-order chi connectivity index (χ1) is 16.0. The van der Waals surface area contributed by atoms with Crippen molar-refractivity contribution in [1.82, 2.24) is 15.5 Å². The molecule has 2 rings (SSSR count). The molecule has 0 bridgehead atoms. The molecule has 5 amide bonds. The first kappa shape index (κ1) is 26.8. The maximum atomic E-state index is 12.8. The number of amides is 5. The Morgan fingerprint density at radius 3 is 1.97 bits per heavy atom. The van der Waals surface area contributed by atoms with Gasteiger partial charge < -0.3 is 16.0 Å². The number of anilines is 1. The second-order valence-corrected chi connectivity index (χ2v) is 9.22. The van der Waals surface area contributed by atoms with Crippen LogP contribution in [-0.4, -0.2) is 53.1 Å². The molecule has 0 fully saturated rings. The van der Waals surface area contributed by atoms with Crippen LogP contribution in [0.25, 0.3) is 0 Å². The monoisotopic (exact) mass is 470 g/mol. The van der Waals surface area contributed by atoms with Gasteiger partial charge in [0.2, 0.25) is 17.7 Å². The highest BCUT2D eigenvalue weighted by atomic mass is 16.2. The Kier molecular flexibility index (Phi) is 9.53. The van der Waals surface area contributed by atoms with Crippen LogP contribution in [0.4, 0.5) is 5.69 Å². The summed E-state index contributed by atoms with van der Waals surface area (Å²) in [6, 6.07) is 5.87. The van der Waals surface area contributed by atoms with Crippen LogP contribution in [0, 0.1) is 11.8 Å². The lowest BCUT2D eigenvalue weighted by molar-refractivity contribution is -0.137. The third kappa shape index (κ3) is 7.83. The number of nitrogens with zero attached hydrogens (tertiary/aromatic N) is 1. The zero-order valence-corrected chi connectivity index (χ0v) is 20.4. The molecule has 9 heteroatoms. The molecule has 3 N–H and O–H groups in total. The van der Waals surface area contributed by atoms with Crippen LogP contribution in [0.1, 0.15) is 46.6 Å². The summed E-state index contributed by atoms with van der Waals surface area (Å²) in [5.41, 5.74) is 1.81. The molecule has 0 saturated heterocycles. The van der Waals surface area contributed by atoms with Crippen molar-refractivity contribution in [3.63, 3.8) is 0 Å². The predicted molar refractivity (Wildman–Crippen MR) is 128 cm³/mol. The van der Waals surface area contributed by atoms with E-state index in [-0.39, 0.29) is 24.8 Å². The minimum atomic E-state index is -0.874. The zero-order valence-electron chi connectivity index (χ0n) is 20.4. The molecule has 1 aliphatic rings. The number of hydrogen-bond acceptors (Lipinski definition) is 5. The van der Waals surface area contributed by atoms with Crippen LogP contribution >= 0.6 is 0 Å². The molecule has 9 nitrogen and oxygen atoms in total. The molecule has 1 aliphatic heterocycles. The Bertz CT molecular complexity index is 935. The molecular weight excluding hydrogens is 436 g/mol. The Morgan fingerprint density at radius 1 is 0.853 bits per heavy atom. The third-order valence-electron chi connectivity index (χ3n) is 5.35. The molecule has 0 radical (unpaired) electrons. The number of carbonyl (C=O) groups excluding carboxylic acids is 5. The first-order valence-corrected chi connectivity index (χ1v) is 11.5. The molecule has 2 atom stereocenters. The van der Waals surface area contributed by atoms with E-state index in [1.54, 1.807) is 20.8 Å². The Labute approximate surface area is 200 Å². The van der Waals surface area contributed by atoms with Crippen molar-refractivity contribution >= 4 is 35.2 Å². The van der Waals surface area contributed by atoms with Crippen molar-refractivity contribution in [3.05, 3.63) is 42.0 Å². The van der Waals surface area contributed by atoms with Crippen LogP contribution in [0.3, 0.4) is 0 Å². The lowest BCUT2D eigenvalue weighted by atomic mass is 10.0. The van der Waals surface area contributed by atoms with Crippen molar-refractivity contribution in [3.8, 4) is 0 Å². The van der Waals surface area contributed by atoms with Crippen LogP contribution in [-0.2, 0) is 30.4 Å². The van der Waals surface area contributed by atoms with Gasteiger partial charge in [-0.3, -0.25) is 28.9 Å². The molecule has 0 saturated carbocycles. The standard InChI is InChI=1S/C25H34N4O5/c1-15(2)14-18-6-8-19(9-7-18)27-24(33)17(5)26-25(34)23(16(3)4)28-20(30)12-13-29-21(31)10-11-22(29)32/h6-11,15-17,23H,12-14H2,1-5H3,(H,26,34)(H,27,33)(H,28,30)/t17-,23-/m0/s1. The van der Waals surface area contributed by atoms with E-state index in [4.69, 9.17) is 0 Å². The van der Waals surface area contributed by atoms with E-state index in [1.165, 1.54) is 5.56 Å². The lowest BCUT2D eigenvalue weighted by Gasteiger charge is -2.24. The van der Waals surface area contributed by atoms with Gasteiger partial charge in [0.15, 0.2) is 0 Å². The van der Waals surface area contributed by atoms with Crippen molar-refractivity contribution in [2.24, 2.45) is 11.8 Å². The van der Waals surface area contributed by atoms with E-state index in [0.29, 0.717) is 11.6 Å². The molecule has 34 heavy (non-hydrogen) atoms. The van der Waals surface area contributed by atoms with E-state index in [9.17, 15) is 24.0 Å². The number of imide groups is 1. The fourth-order valence-corrected chi connectivity index (χ4v) is 3.46. The van der Waals surface area contributed by atoms with Gasteiger partial charge in [0.05, 0.1) is 0 Å². The van der Waals surface area contributed by atoms with Gasteiger partial charge in [-0.05, 0) is 42.9 Å². The van der Waals surface area contributed by atoms with E-state index in [2.05, 4.69) is 29.8 Å². The lowest BCUT2D eigenvalue weighted by Crippen LogP contribution is -2.54. The molecule has 184 valence electrons. The van der Waals surface area contributed by atoms with Crippen molar-refractivity contribution in [2.75, 3.05) is 11.9 Å². The van der Waals surface area contributed by atoms with E-state index in [1.807, 2.05) is 24.3 Å². The van der Waals surface area contributed by atoms with Gasteiger partial charge in [-0.1, -0.05) is 39.8 Å². The van der Waals surface area contributed by atoms with Gasteiger partial charge >= 0.3 is 0 Å². The minimum absolute atomic E-state index is 0.0717. The zero-order chi connectivity index (χ0) is 25.4. The highest BCUT2D eigenvalue weighted by Gasteiger charge is 2.28. The number of carbonyl (C=O) groups is 5. The van der Waals surface area contributed by atoms with E-state index < -0.39 is 35.7 Å². The molecule has 1 aromatic carbocycles. The molecule has 0 unspecified atom stereocenters. The summed E-state index contributed by atoms with van der Waals surface area (Å²) in [6.07, 6.45) is 3.12. The SMILES string of the molecule is CC(C)Cc1ccc(NC(=O)[C@H](C)NC(=O)[C@@H](NC(=O)CCN2C(=O)C=CC2=O)C(C)C)cc1. The number of benzene rings is 1. The molecule has 0 spiro atoms. The van der Waals surface area contributed by atoms with Gasteiger partial charge in [-0.15, -0.1) is 0 Å². The summed E-state index contributed by atoms with van der Waals surface area (Å²) in [6.45, 7) is 9.31. The molecule has 0 aromatic heterocycles. The number of hydrogen-bond donors (Lipinski definition) is 3. The second kappa shape index (κ2) is 12.1. The summed E-state index contributed by atoms with van der Waals surface area (Å²) in [5, 5.41) is 8.05. The van der Waals surface area contributed by atoms with Crippen molar-refractivity contribution < 1.29 is 24.0 Å². The summed E-state index contributed by atoms with van der Waals surface area (Å²) < 4.78 is 0. The fraction of sp³-hybridized carbons (Fsp3) is 0.480. The van der Waals surface area contributed by atoms with Crippen LogP contribution in [0.5, 0.6) is 0 Å². The molecular formula is C25H34N4O5. The van der Waals surface area contributed by atoms with Crippen LogP contribution < -0.4 is 16.0 Å². The van der Waals surface area contributed by atoms with Crippen LogP contribution in [0.15, 0.2) is 36.4 Å². The second-order valence-electron chi connectivity index (χ2n) is 9.22. The smallest absolute Gasteiger partial charge is 0.253 e. The van der Waals surface area contributed by atoms with E-state index in [0.717, 1.165) is 23.5 Å². The summed E-state index contributed by atoms with van der Waals surface area (Å²) >= 11 is 0. The average Bonchev–Trinajstić information content (AvgIpc) is 3.08. The van der Waals surface area contributed by atoms with Gasteiger partial charge in [0.25, 0.3) is 11.8 Å². The Morgan fingerprint density at radius 2 is 1.44 bits per heavy atom. The Hall–Kier alpha value is -3.49. The largest absolute Gasteiger partial charge is 0.344 e. The van der Waals surface area contributed by atoms with Gasteiger partial charge in [-0.2, -0.15) is 0 Å². The van der Waals surface area contributed by atoms with Crippen molar-refractivity contribution in [2.45, 2.75) is 59.5 Å². The fourth-order valence-electron chi connectivity index (χ4n) is 3.46. The Balaban J connectivity index is 1.87. The maximum absolute atomic E-state index is 12.8. The summed E-state index contributed by atoms with van der Waals surface area (Å²) in [5.74, 6) is -1.99. The number of nitrogens with one attached hydrogen (secondary N) is 3. The summed E-state index contributed by atoms with van der Waals surface area (Å²) in [7, 11) is 0. The van der Waals surface area contributed by atoms with Gasteiger partial charge in [0.1, 0.15) is 12.1 Å². The summed E-state index contributed by atoms with van der Waals surface area (Å²) in [4.78, 5) is 61.8. The topological polar surface area (TPSA) is 125 Å².